The van der Waals surface area contributed by atoms with Gasteiger partial charge in [0, 0.05) is 64.5 Å². The Balaban J connectivity index is 0.888. The highest BCUT2D eigenvalue weighted by molar-refractivity contribution is 5.99. The van der Waals surface area contributed by atoms with E-state index in [9.17, 15) is 39.0 Å². The number of nitrogens with zero attached hydrogens (tertiary/aromatic N) is 8. The highest BCUT2D eigenvalue weighted by Crippen LogP contribution is 2.35. The first-order valence-electron chi connectivity index (χ1n) is 39.1. The van der Waals surface area contributed by atoms with Crippen molar-refractivity contribution in [2.45, 2.75) is 180 Å². The molecule has 0 unspecified atom stereocenters. The van der Waals surface area contributed by atoms with Gasteiger partial charge in [-0.1, -0.05) is 156 Å². The van der Waals surface area contributed by atoms with Gasteiger partial charge in [-0.05, 0) is 113 Å². The summed E-state index contributed by atoms with van der Waals surface area (Å²) in [6.45, 7) is 13.5. The van der Waals surface area contributed by atoms with E-state index in [0.29, 0.717) is 45.1 Å². The number of carboxylic acids is 2. The summed E-state index contributed by atoms with van der Waals surface area (Å²) in [4.78, 5) is 168. The van der Waals surface area contributed by atoms with Gasteiger partial charge < -0.3 is 81.5 Å². The van der Waals surface area contributed by atoms with Crippen molar-refractivity contribution in [2.24, 2.45) is 16.7 Å². The van der Waals surface area contributed by atoms with Gasteiger partial charge in [0.15, 0.2) is 0 Å². The molecule has 31 nitrogen and oxygen atoms in total. The zero-order chi connectivity index (χ0) is 83.0. The van der Waals surface area contributed by atoms with E-state index in [4.69, 9.17) is 9.47 Å². The molecule has 8 aromatic rings. The first-order valence-corrected chi connectivity index (χ1v) is 39.1. The minimum absolute atomic E-state index is 0.0102. The van der Waals surface area contributed by atoms with Crippen LogP contribution >= 0.6 is 0 Å². The summed E-state index contributed by atoms with van der Waals surface area (Å²) < 4.78 is 15.8. The fraction of sp³-hybridized carbons (Fsp3) is 0.435. The Morgan fingerprint density at radius 3 is 1.44 bits per heavy atom. The third-order valence-electron chi connectivity index (χ3n) is 22.2. The molecular formula is C85H102N16O15. The molecule has 15 rings (SSSR count). The first-order chi connectivity index (χ1) is 55.3. The standard InChI is InChI=1S/C85H102N16O15/c1-48(86-9)73(102)93-71(84(3,4)5)80(109)99-43-61-37-69(99)77(106)89-65(35-52-19-25-54-15-11-13-17-56(54)31-52)75(104)91-67(79(108)97-39-58(40-97)82(111)112)33-50-21-27-64(28-22-50)116-46-60-42-101(96-95-60)62-38-70(100(44-62)81(110)72(85(6,7)8)94-74(103)49(2)87-10)78(107)90-66(36-53-20-26-55-16-12-14-18-57(55)32-53)76(105)92-68(83(113)114)34-51-23-29-63(30-24-51)115-45-59-41-98(61)47-88-59/h11-32,41-42,47-49,58,61-62,65-72,86-87H,33-40,43-46H2,1-10H3,(H,89,106)(H,90,107)(H,91,104)(H,92,105)(H,93,102)(H,94,103)(H,111,112)(H,113,114)/t48-,49-,61-,62-,65-,66-,67-,68-,69-,70-,71+,72+/m0/s1. The van der Waals surface area contributed by atoms with Gasteiger partial charge in [0.25, 0.3) is 0 Å². The van der Waals surface area contributed by atoms with Crippen molar-refractivity contribution in [3.8, 4) is 11.5 Å². The van der Waals surface area contributed by atoms with Crippen molar-refractivity contribution in [3.63, 3.8) is 0 Å². The van der Waals surface area contributed by atoms with E-state index in [2.05, 4.69) is 57.8 Å². The third-order valence-corrected chi connectivity index (χ3v) is 22.2. The van der Waals surface area contributed by atoms with Crippen LogP contribution in [0.2, 0.25) is 0 Å². The van der Waals surface area contributed by atoms with E-state index in [0.717, 1.165) is 21.5 Å². The number of carboxylic acid groups (broad SMARTS) is 2. The van der Waals surface area contributed by atoms with Gasteiger partial charge in [-0.2, -0.15) is 0 Å². The zero-order valence-electron chi connectivity index (χ0n) is 66.7. The van der Waals surface area contributed by atoms with Gasteiger partial charge in [0.2, 0.25) is 53.2 Å². The molecule has 10 N–H and O–H groups in total. The predicted octanol–water partition coefficient (Wildman–Crippen LogP) is 4.35. The summed E-state index contributed by atoms with van der Waals surface area (Å²) in [5.74, 6) is -8.20. The molecule has 12 bridgehead atoms. The molecule has 0 radical (unpaired) electrons. The number of likely N-dealkylation sites (N-methyl/N-ethyl adjacent to an activating group) is 2. The molecule has 6 aromatic carbocycles. The lowest BCUT2D eigenvalue weighted by Crippen LogP contribution is -2.62. The van der Waals surface area contributed by atoms with Crippen LogP contribution in [0.3, 0.4) is 0 Å². The molecule has 31 heteroatoms. The van der Waals surface area contributed by atoms with Gasteiger partial charge in [-0.15, -0.1) is 5.10 Å². The quantitative estimate of drug-likeness (QED) is 0.0682. The van der Waals surface area contributed by atoms with Crippen molar-refractivity contribution in [3.05, 3.63) is 186 Å². The van der Waals surface area contributed by atoms with Crippen LogP contribution in [0.25, 0.3) is 21.5 Å². The van der Waals surface area contributed by atoms with Crippen LogP contribution in [0.5, 0.6) is 11.5 Å². The van der Waals surface area contributed by atoms with Crippen LogP contribution in [-0.4, -0.2) is 215 Å². The number of likely N-dealkylation sites (tertiary alicyclic amines) is 3. The number of amides is 9. The lowest BCUT2D eigenvalue weighted by Gasteiger charge is -2.39. The largest absolute Gasteiger partial charge is 0.487 e. The number of carbonyl (C=O) groups excluding carboxylic acids is 9. The number of aromatic nitrogens is 5. The summed E-state index contributed by atoms with van der Waals surface area (Å²) >= 11 is 0. The number of carbonyl (C=O) groups is 11. The summed E-state index contributed by atoms with van der Waals surface area (Å²) in [6, 6.07) is 26.5. The highest BCUT2D eigenvalue weighted by atomic mass is 16.5. The summed E-state index contributed by atoms with van der Waals surface area (Å²) in [5.41, 5.74) is 1.34. The maximum Gasteiger partial charge on any atom is 0.326 e. The van der Waals surface area contributed by atoms with Crippen molar-refractivity contribution in [2.75, 3.05) is 40.3 Å². The van der Waals surface area contributed by atoms with E-state index in [1.807, 2.05) is 84.9 Å². The number of rotatable bonds is 15. The Kier molecular flexibility index (Phi) is 25.7. The van der Waals surface area contributed by atoms with Crippen molar-refractivity contribution < 1.29 is 72.4 Å². The van der Waals surface area contributed by atoms with Gasteiger partial charge in [0.05, 0.1) is 48.3 Å². The van der Waals surface area contributed by atoms with Gasteiger partial charge in [-0.3, -0.25) is 47.9 Å². The fourth-order valence-electron chi connectivity index (χ4n) is 15.0. The van der Waals surface area contributed by atoms with E-state index in [1.165, 1.54) is 19.4 Å². The minimum Gasteiger partial charge on any atom is -0.487 e. The predicted molar refractivity (Wildman–Crippen MR) is 428 cm³/mol. The van der Waals surface area contributed by atoms with Gasteiger partial charge in [0.1, 0.15) is 78.7 Å². The summed E-state index contributed by atoms with van der Waals surface area (Å²) in [7, 11) is 3.23. The second-order valence-corrected chi connectivity index (χ2v) is 32.8. The fourth-order valence-corrected chi connectivity index (χ4v) is 15.0. The summed E-state index contributed by atoms with van der Waals surface area (Å²) in [6.07, 6.45) is 4.36. The molecule has 9 amide bonds. The number of nitrogens with one attached hydrogen (secondary N) is 8. The zero-order valence-corrected chi connectivity index (χ0v) is 66.7. The average Bonchev–Trinajstić information content (AvgIpc) is 1.64. The van der Waals surface area contributed by atoms with Crippen LogP contribution in [0.1, 0.15) is 114 Å². The molecule has 612 valence electrons. The SMILES string of the molecule is CN[C@@H](C)C(=O)N[C@H](C(=O)N1C[C@@H]2C[C@H]1C(=O)N[C@@H](Cc1ccc3ccccc3c1)C(=O)N[C@H](C(=O)O)Cc1ccc(cc1)OCc1cn(cn1)[C@H]1C[C@@H](C(=O)N[C@@H](Cc3ccc4ccccc4c3)C(=O)N[C@H](C(=O)N3CC(C(=O)O)C3)Cc3ccc(cc3)OCc3cn2nn3)N(C(=O)[C@@H](NC(=O)[C@H](C)NC)C(C)(C)C)C1)C(C)(C)C. The molecule has 9 heterocycles. The Morgan fingerprint density at radius 2 is 0.974 bits per heavy atom. The number of imidazole rings is 1. The van der Waals surface area contributed by atoms with E-state index in [-0.39, 0.29) is 77.9 Å². The molecule has 0 aliphatic carbocycles. The molecular weight excluding hydrogens is 1490 g/mol. The molecule has 3 fully saturated rings. The lowest BCUT2D eigenvalue weighted by molar-refractivity contribution is -0.154. The maximum absolute atomic E-state index is 15.6. The number of fused-ring (bicyclic) bond motifs is 2. The first kappa shape index (κ1) is 83.3. The van der Waals surface area contributed by atoms with E-state index < -0.39 is 154 Å². The molecule has 2 aromatic heterocycles. The Bertz CT molecular complexity index is 4970. The van der Waals surface area contributed by atoms with Crippen LogP contribution in [0, 0.1) is 16.7 Å². The van der Waals surface area contributed by atoms with Gasteiger partial charge in [-0.25, -0.2) is 14.5 Å². The van der Waals surface area contributed by atoms with Crippen molar-refractivity contribution in [1.82, 2.24) is 81.8 Å². The highest BCUT2D eigenvalue weighted by Gasteiger charge is 2.49. The second-order valence-electron chi connectivity index (χ2n) is 32.8. The van der Waals surface area contributed by atoms with Crippen LogP contribution < -0.4 is 52.0 Å². The molecule has 0 spiro atoms. The number of hydrogen-bond acceptors (Lipinski definition) is 18. The monoisotopic (exact) mass is 1590 g/mol. The Labute approximate surface area is 671 Å². The van der Waals surface area contributed by atoms with Crippen LogP contribution in [-0.2, 0) is 91.6 Å². The van der Waals surface area contributed by atoms with Crippen molar-refractivity contribution >= 4 is 86.6 Å². The van der Waals surface area contributed by atoms with E-state index in [1.54, 1.807) is 141 Å². The number of ether oxygens (including phenoxy) is 2. The Morgan fingerprint density at radius 1 is 0.526 bits per heavy atom. The molecule has 0 saturated carbocycles. The number of aliphatic carboxylic acids is 2. The van der Waals surface area contributed by atoms with Crippen molar-refractivity contribution in [1.29, 1.82) is 0 Å². The minimum atomic E-state index is -1.52. The Hall–Kier alpha value is -12.1. The molecule has 116 heavy (non-hydrogen) atoms. The van der Waals surface area contributed by atoms with Crippen LogP contribution in [0.15, 0.2) is 152 Å². The normalized spacial score (nSPS) is 21.9. The molecule has 7 aliphatic rings. The molecule has 7 aliphatic heterocycles. The lowest BCUT2D eigenvalue weighted by atomic mass is 9.85. The number of hydrogen-bond donors (Lipinski definition) is 10. The van der Waals surface area contributed by atoms with Crippen LogP contribution in [0.4, 0.5) is 0 Å². The maximum atomic E-state index is 15.6. The smallest absolute Gasteiger partial charge is 0.326 e. The third kappa shape index (κ3) is 20.0. The van der Waals surface area contributed by atoms with E-state index >= 15 is 24.0 Å². The van der Waals surface area contributed by atoms with Gasteiger partial charge >= 0.3 is 11.9 Å². The second kappa shape index (κ2) is 35.7. The molecule has 3 saturated heterocycles. The average molecular weight is 1590 g/mol. The number of benzene rings is 6. The molecule has 12 atom stereocenters. The summed E-state index contributed by atoms with van der Waals surface area (Å²) in [5, 5.41) is 56.4. The topological polar surface area (TPSA) is 401 Å².